The van der Waals surface area contributed by atoms with Gasteiger partial charge in [0, 0.05) is 6.92 Å². The van der Waals surface area contributed by atoms with Crippen LogP contribution in [0.1, 0.15) is 18.2 Å². The maximum absolute atomic E-state index is 11.1. The van der Waals surface area contributed by atoms with Crippen LogP contribution < -0.4 is 5.32 Å². The Morgan fingerprint density at radius 1 is 1.35 bits per heavy atom. The highest BCUT2D eigenvalue weighted by molar-refractivity contribution is 7.71. The molecule has 2 rings (SSSR count). The zero-order valence-corrected chi connectivity index (χ0v) is 10.8. The molecule has 4 heteroatoms. The molecule has 1 amide bonds. The number of anilines is 1. The summed E-state index contributed by atoms with van der Waals surface area (Å²) in [5.74, 6) is 0.649. The fraction of sp³-hybridized carbons (Fsp3) is 0.231. The third-order valence-corrected chi connectivity index (χ3v) is 2.83. The van der Waals surface area contributed by atoms with Crippen molar-refractivity contribution < 1.29 is 9.21 Å². The molecule has 0 aliphatic heterocycles. The number of hydrogen-bond acceptors (Lipinski definition) is 3. The van der Waals surface area contributed by atoms with Crippen molar-refractivity contribution in [2.45, 2.75) is 20.8 Å². The average molecular weight is 247 g/mol. The second kappa shape index (κ2) is 4.30. The third kappa shape index (κ3) is 2.22. The molecular weight excluding hydrogens is 234 g/mol. The van der Waals surface area contributed by atoms with Crippen molar-refractivity contribution in [3.05, 3.63) is 34.0 Å². The zero-order chi connectivity index (χ0) is 12.6. The molecule has 0 bridgehead atoms. The van der Waals surface area contributed by atoms with Gasteiger partial charge in [-0.05, 0) is 31.5 Å². The zero-order valence-electron chi connectivity index (χ0n) is 9.96. The van der Waals surface area contributed by atoms with Crippen LogP contribution in [0.15, 0.2) is 22.6 Å². The second-order valence-corrected chi connectivity index (χ2v) is 4.48. The summed E-state index contributed by atoms with van der Waals surface area (Å²) in [4.78, 5) is 11.1. The van der Waals surface area contributed by atoms with Crippen LogP contribution in [-0.4, -0.2) is 5.91 Å². The Balaban J connectivity index is 2.84. The van der Waals surface area contributed by atoms with Crippen molar-refractivity contribution in [2.75, 3.05) is 5.32 Å². The van der Waals surface area contributed by atoms with Crippen molar-refractivity contribution in [1.29, 1.82) is 0 Å². The predicted octanol–water partition coefficient (Wildman–Crippen LogP) is 3.74. The molecule has 1 N–H and O–H groups in total. The van der Waals surface area contributed by atoms with Gasteiger partial charge in [-0.25, -0.2) is 0 Å². The number of aryl methyl sites for hydroxylation is 2. The van der Waals surface area contributed by atoms with Crippen molar-refractivity contribution in [1.82, 2.24) is 0 Å². The third-order valence-electron chi connectivity index (χ3n) is 2.51. The number of hydrogen-bond donors (Lipinski definition) is 1. The van der Waals surface area contributed by atoms with Crippen molar-refractivity contribution in [2.24, 2.45) is 0 Å². The summed E-state index contributed by atoms with van der Waals surface area (Å²) in [5.41, 5.74) is 2.44. The van der Waals surface area contributed by atoms with Crippen LogP contribution in [0.25, 0.3) is 11.0 Å². The van der Waals surface area contributed by atoms with Gasteiger partial charge in [-0.15, -0.1) is 0 Å². The largest absolute Gasteiger partial charge is 0.461 e. The van der Waals surface area contributed by atoms with E-state index < -0.39 is 0 Å². The summed E-state index contributed by atoms with van der Waals surface area (Å²) in [7, 11) is 0. The first-order chi connectivity index (χ1) is 7.99. The van der Waals surface area contributed by atoms with E-state index >= 15 is 0 Å². The van der Waals surface area contributed by atoms with Crippen LogP contribution in [-0.2, 0) is 4.79 Å². The molecule has 0 fully saturated rings. The van der Waals surface area contributed by atoms with E-state index in [1.54, 1.807) is 6.07 Å². The van der Waals surface area contributed by atoms with Gasteiger partial charge in [-0.1, -0.05) is 18.3 Å². The van der Waals surface area contributed by atoms with Crippen LogP contribution in [0, 0.1) is 18.4 Å². The van der Waals surface area contributed by atoms with E-state index in [1.165, 1.54) is 6.92 Å². The number of rotatable bonds is 1. The average Bonchev–Trinajstić information content (AvgIpc) is 2.21. The molecule has 0 aliphatic rings. The Hall–Kier alpha value is -1.68. The van der Waals surface area contributed by atoms with Crippen molar-refractivity contribution >= 4 is 34.8 Å². The molecule has 0 unspecified atom stereocenters. The van der Waals surface area contributed by atoms with Gasteiger partial charge in [-0.2, -0.15) is 0 Å². The maximum Gasteiger partial charge on any atom is 0.221 e. The SMILES string of the molecule is CC(=O)Nc1ccc(C)c2oc(C)cc(=S)c12. The Labute approximate surface area is 104 Å². The standard InChI is InChI=1S/C13H13NO2S/c1-7-4-5-10(14-9(3)15)12-11(17)6-8(2)16-13(7)12/h4-6H,1-3H3,(H,14,15). The monoisotopic (exact) mass is 247 g/mol. The summed E-state index contributed by atoms with van der Waals surface area (Å²) >= 11 is 5.33. The minimum atomic E-state index is -0.120. The predicted molar refractivity (Wildman–Crippen MR) is 70.8 cm³/mol. The molecule has 0 saturated heterocycles. The highest BCUT2D eigenvalue weighted by atomic mass is 32.1. The highest BCUT2D eigenvalue weighted by Gasteiger charge is 2.09. The van der Waals surface area contributed by atoms with Gasteiger partial charge < -0.3 is 9.73 Å². The van der Waals surface area contributed by atoms with Gasteiger partial charge in [0.25, 0.3) is 0 Å². The lowest BCUT2D eigenvalue weighted by atomic mass is 10.1. The lowest BCUT2D eigenvalue weighted by Gasteiger charge is -2.09. The van der Waals surface area contributed by atoms with Gasteiger partial charge in [-0.3, -0.25) is 4.79 Å². The second-order valence-electron chi connectivity index (χ2n) is 4.04. The normalized spacial score (nSPS) is 10.5. The smallest absolute Gasteiger partial charge is 0.221 e. The Kier molecular flexibility index (Phi) is 2.98. The van der Waals surface area contributed by atoms with Gasteiger partial charge in [0.1, 0.15) is 11.3 Å². The molecule has 2 aromatic rings. The molecule has 17 heavy (non-hydrogen) atoms. The summed E-state index contributed by atoms with van der Waals surface area (Å²) in [6.45, 7) is 5.29. The Morgan fingerprint density at radius 2 is 2.06 bits per heavy atom. The Morgan fingerprint density at radius 3 is 2.71 bits per heavy atom. The quantitative estimate of drug-likeness (QED) is 0.780. The number of amides is 1. The number of benzene rings is 1. The van der Waals surface area contributed by atoms with E-state index in [-0.39, 0.29) is 5.91 Å². The Bertz CT molecular complexity index is 658. The van der Waals surface area contributed by atoms with Gasteiger partial charge in [0.05, 0.1) is 15.6 Å². The fourth-order valence-electron chi connectivity index (χ4n) is 1.80. The molecule has 1 heterocycles. The summed E-state index contributed by atoms with van der Waals surface area (Å²) < 4.78 is 6.37. The molecule has 88 valence electrons. The van der Waals surface area contributed by atoms with Crippen LogP contribution in [0.2, 0.25) is 0 Å². The number of fused-ring (bicyclic) bond motifs is 1. The summed E-state index contributed by atoms with van der Waals surface area (Å²) in [6, 6.07) is 5.55. The van der Waals surface area contributed by atoms with Crippen LogP contribution in [0.3, 0.4) is 0 Å². The van der Waals surface area contributed by atoms with E-state index in [4.69, 9.17) is 16.6 Å². The first kappa shape index (κ1) is 11.8. The maximum atomic E-state index is 11.1. The molecule has 0 saturated carbocycles. The lowest BCUT2D eigenvalue weighted by Crippen LogP contribution is -2.06. The van der Waals surface area contributed by atoms with Crippen LogP contribution >= 0.6 is 12.2 Å². The molecule has 3 nitrogen and oxygen atoms in total. The molecule has 0 aliphatic carbocycles. The van der Waals surface area contributed by atoms with Gasteiger partial charge in [0.15, 0.2) is 0 Å². The van der Waals surface area contributed by atoms with E-state index in [2.05, 4.69) is 5.32 Å². The molecular formula is C13H13NO2S. The molecule has 1 aromatic carbocycles. The topological polar surface area (TPSA) is 42.2 Å². The van der Waals surface area contributed by atoms with Crippen LogP contribution in [0.5, 0.6) is 0 Å². The lowest BCUT2D eigenvalue weighted by molar-refractivity contribution is -0.114. The molecule has 0 radical (unpaired) electrons. The first-order valence-electron chi connectivity index (χ1n) is 5.30. The summed E-state index contributed by atoms with van der Waals surface area (Å²) in [6.07, 6.45) is 0. The van der Waals surface area contributed by atoms with Gasteiger partial charge in [0.2, 0.25) is 5.91 Å². The van der Waals surface area contributed by atoms with Crippen molar-refractivity contribution in [3.8, 4) is 0 Å². The van der Waals surface area contributed by atoms with E-state index in [0.29, 0.717) is 10.2 Å². The molecule has 0 atom stereocenters. The van der Waals surface area contributed by atoms with Gasteiger partial charge >= 0.3 is 0 Å². The number of nitrogens with one attached hydrogen (secondary N) is 1. The van der Waals surface area contributed by atoms with Crippen molar-refractivity contribution in [3.63, 3.8) is 0 Å². The minimum absolute atomic E-state index is 0.120. The summed E-state index contributed by atoms with van der Waals surface area (Å²) in [5, 5.41) is 3.56. The van der Waals surface area contributed by atoms with Crippen LogP contribution in [0.4, 0.5) is 5.69 Å². The fourth-order valence-corrected chi connectivity index (χ4v) is 2.17. The number of carbonyl (C=O) groups excluding carboxylic acids is 1. The van der Waals surface area contributed by atoms with E-state index in [0.717, 1.165) is 22.3 Å². The minimum Gasteiger partial charge on any atom is -0.461 e. The number of carbonyl (C=O) groups is 1. The molecule has 0 spiro atoms. The van der Waals surface area contributed by atoms with E-state index in [9.17, 15) is 4.79 Å². The molecule has 1 aromatic heterocycles. The van der Waals surface area contributed by atoms with E-state index in [1.807, 2.05) is 26.0 Å². The highest BCUT2D eigenvalue weighted by Crippen LogP contribution is 2.28. The first-order valence-corrected chi connectivity index (χ1v) is 5.71.